The first-order chi connectivity index (χ1) is 19.2. The van der Waals surface area contributed by atoms with Gasteiger partial charge in [-0.2, -0.15) is 9.40 Å². The molecule has 1 atom stereocenters. The van der Waals surface area contributed by atoms with Crippen molar-refractivity contribution in [2.75, 3.05) is 32.4 Å². The van der Waals surface area contributed by atoms with Crippen LogP contribution in [0.15, 0.2) is 53.3 Å². The highest BCUT2D eigenvalue weighted by atomic mass is 32.2. The predicted octanol–water partition coefficient (Wildman–Crippen LogP) is 2.35. The third kappa shape index (κ3) is 5.24. The van der Waals surface area contributed by atoms with E-state index in [4.69, 9.17) is 5.10 Å². The first-order valence-corrected chi connectivity index (χ1v) is 15.4. The summed E-state index contributed by atoms with van der Waals surface area (Å²) < 4.78 is 43.2. The number of sulfonamides is 1. The van der Waals surface area contributed by atoms with E-state index in [1.54, 1.807) is 16.8 Å². The van der Waals surface area contributed by atoms with Crippen LogP contribution in [-0.4, -0.2) is 80.6 Å². The first kappa shape index (κ1) is 26.9. The first-order valence-electron chi connectivity index (χ1n) is 13.6. The van der Waals surface area contributed by atoms with Gasteiger partial charge < -0.3 is 15.0 Å². The smallest absolute Gasteiger partial charge is 0.326 e. The summed E-state index contributed by atoms with van der Waals surface area (Å²) in [5, 5.41) is 15.8. The van der Waals surface area contributed by atoms with Crippen molar-refractivity contribution in [3.05, 3.63) is 76.1 Å². The fraction of sp³-hybridized carbons (Fsp3) is 0.429. The van der Waals surface area contributed by atoms with Crippen molar-refractivity contribution in [1.29, 1.82) is 0 Å². The number of para-hydroxylation sites is 2. The van der Waals surface area contributed by atoms with E-state index < -0.39 is 16.1 Å². The Morgan fingerprint density at radius 1 is 1.07 bits per heavy atom. The lowest BCUT2D eigenvalue weighted by Crippen LogP contribution is -2.42. The SMILES string of the molecule is CS(=O)(=O)N1CCc2c(c(-c3ccc(F)cc3)nn2CC(O)CN2CCC(n3c(=O)[nH]c4ccccc43)CC2)C1. The number of aliphatic hydroxyl groups is 1. The van der Waals surface area contributed by atoms with E-state index in [0.29, 0.717) is 30.8 Å². The molecule has 40 heavy (non-hydrogen) atoms. The van der Waals surface area contributed by atoms with E-state index >= 15 is 0 Å². The van der Waals surface area contributed by atoms with Crippen molar-refractivity contribution in [2.45, 2.75) is 44.5 Å². The summed E-state index contributed by atoms with van der Waals surface area (Å²) in [6.45, 7) is 2.79. The number of imidazole rings is 1. The standard InChI is InChI=1S/C28H33FN6O4S/c1-40(38,39)33-15-12-25-23(18-33)27(19-6-8-20(29)9-7-19)31-34(25)17-22(36)16-32-13-10-21(11-14-32)35-26-5-3-2-4-24(26)30-28(35)37/h2-9,21-22,36H,10-18H2,1H3,(H,30,37). The van der Waals surface area contributed by atoms with E-state index in [1.807, 2.05) is 28.8 Å². The summed E-state index contributed by atoms with van der Waals surface area (Å²) in [4.78, 5) is 17.8. The molecule has 1 unspecified atom stereocenters. The second-order valence-electron chi connectivity index (χ2n) is 10.8. The summed E-state index contributed by atoms with van der Waals surface area (Å²) in [5.74, 6) is -0.358. The van der Waals surface area contributed by atoms with Crippen LogP contribution in [0.4, 0.5) is 4.39 Å². The number of aromatic nitrogens is 4. The molecule has 4 heterocycles. The number of H-pyrrole nitrogens is 1. The van der Waals surface area contributed by atoms with Gasteiger partial charge in [-0.1, -0.05) is 12.1 Å². The molecule has 10 nitrogen and oxygen atoms in total. The molecular formula is C28H33FN6O4S. The van der Waals surface area contributed by atoms with Crippen molar-refractivity contribution in [3.63, 3.8) is 0 Å². The topological polar surface area (TPSA) is 116 Å². The number of likely N-dealkylation sites (tertiary alicyclic amines) is 1. The molecule has 2 N–H and O–H groups in total. The van der Waals surface area contributed by atoms with Gasteiger partial charge >= 0.3 is 5.69 Å². The zero-order chi connectivity index (χ0) is 28.0. The monoisotopic (exact) mass is 568 g/mol. The number of aromatic amines is 1. The normalized spacial score (nSPS) is 18.3. The van der Waals surface area contributed by atoms with E-state index in [1.165, 1.54) is 22.7 Å². The van der Waals surface area contributed by atoms with Crippen LogP contribution < -0.4 is 5.69 Å². The summed E-state index contributed by atoms with van der Waals surface area (Å²) in [6, 6.07) is 13.8. The molecule has 212 valence electrons. The van der Waals surface area contributed by atoms with Crippen molar-refractivity contribution >= 4 is 21.1 Å². The summed E-state index contributed by atoms with van der Waals surface area (Å²) in [7, 11) is -3.39. The van der Waals surface area contributed by atoms with Crippen LogP contribution in [0.2, 0.25) is 0 Å². The molecule has 6 rings (SSSR count). The Kier molecular flexibility index (Phi) is 7.11. The molecule has 0 amide bonds. The van der Waals surface area contributed by atoms with Crippen LogP contribution >= 0.6 is 0 Å². The highest BCUT2D eigenvalue weighted by Gasteiger charge is 2.31. The Balaban J connectivity index is 1.16. The third-order valence-corrected chi connectivity index (χ3v) is 9.33. The van der Waals surface area contributed by atoms with Gasteiger partial charge in [-0.25, -0.2) is 17.6 Å². The minimum atomic E-state index is -3.39. The molecule has 1 saturated heterocycles. The van der Waals surface area contributed by atoms with Crippen LogP contribution in [-0.2, 0) is 29.5 Å². The molecule has 0 radical (unpaired) electrons. The minimum Gasteiger partial charge on any atom is -0.390 e. The van der Waals surface area contributed by atoms with Crippen molar-refractivity contribution in [1.82, 2.24) is 28.5 Å². The van der Waals surface area contributed by atoms with Gasteiger partial charge in [-0.05, 0) is 49.2 Å². The molecule has 0 aliphatic carbocycles. The van der Waals surface area contributed by atoms with Gasteiger partial charge in [0, 0.05) is 62.0 Å². The Labute approximate surface area is 231 Å². The molecule has 2 aromatic carbocycles. The largest absolute Gasteiger partial charge is 0.390 e. The summed E-state index contributed by atoms with van der Waals surface area (Å²) in [5.41, 5.74) is 4.68. The van der Waals surface area contributed by atoms with Gasteiger partial charge in [0.05, 0.1) is 35.6 Å². The number of piperidine rings is 1. The molecule has 2 aromatic heterocycles. The number of β-amino-alcohol motifs (C(OH)–C–C–N with tert-alkyl or cyclic N) is 1. The highest BCUT2D eigenvalue weighted by Crippen LogP contribution is 2.31. The van der Waals surface area contributed by atoms with Gasteiger partial charge in [-0.15, -0.1) is 0 Å². The van der Waals surface area contributed by atoms with Crippen molar-refractivity contribution < 1.29 is 17.9 Å². The Bertz CT molecular complexity index is 1690. The number of aliphatic hydroxyl groups excluding tert-OH is 1. The van der Waals surface area contributed by atoms with Gasteiger partial charge in [0.25, 0.3) is 0 Å². The Morgan fingerprint density at radius 3 is 2.52 bits per heavy atom. The lowest BCUT2D eigenvalue weighted by atomic mass is 10.0. The zero-order valence-corrected chi connectivity index (χ0v) is 23.1. The quantitative estimate of drug-likeness (QED) is 0.354. The number of fused-ring (bicyclic) bond motifs is 2. The highest BCUT2D eigenvalue weighted by molar-refractivity contribution is 7.88. The van der Waals surface area contributed by atoms with E-state index in [-0.39, 0.29) is 30.6 Å². The van der Waals surface area contributed by atoms with Gasteiger partial charge in [0.15, 0.2) is 0 Å². The summed E-state index contributed by atoms with van der Waals surface area (Å²) >= 11 is 0. The van der Waals surface area contributed by atoms with E-state index in [2.05, 4.69) is 9.88 Å². The second-order valence-corrected chi connectivity index (χ2v) is 12.8. The molecule has 0 saturated carbocycles. The fourth-order valence-electron chi connectivity index (χ4n) is 6.09. The lowest BCUT2D eigenvalue weighted by molar-refractivity contribution is 0.0763. The molecule has 1 fully saturated rings. The number of rotatable bonds is 7. The van der Waals surface area contributed by atoms with E-state index in [9.17, 15) is 22.7 Å². The molecule has 0 bridgehead atoms. The molecule has 12 heteroatoms. The third-order valence-electron chi connectivity index (χ3n) is 8.08. The number of benzene rings is 2. The average Bonchev–Trinajstić information content (AvgIpc) is 3.45. The molecule has 4 aromatic rings. The second kappa shape index (κ2) is 10.6. The molecule has 2 aliphatic rings. The van der Waals surface area contributed by atoms with Gasteiger partial charge in [0.2, 0.25) is 10.0 Å². The molecule has 0 spiro atoms. The average molecular weight is 569 g/mol. The predicted molar refractivity (Wildman–Crippen MR) is 150 cm³/mol. The van der Waals surface area contributed by atoms with E-state index in [0.717, 1.165) is 48.2 Å². The number of nitrogens with one attached hydrogen (secondary N) is 1. The van der Waals surface area contributed by atoms with Crippen LogP contribution in [0.3, 0.4) is 0 Å². The molecule has 2 aliphatic heterocycles. The van der Waals surface area contributed by atoms with Crippen LogP contribution in [0.5, 0.6) is 0 Å². The zero-order valence-electron chi connectivity index (χ0n) is 22.3. The lowest BCUT2D eigenvalue weighted by Gasteiger charge is -2.33. The van der Waals surface area contributed by atoms with Gasteiger partial charge in [-0.3, -0.25) is 9.25 Å². The number of nitrogens with zero attached hydrogens (tertiary/aromatic N) is 5. The van der Waals surface area contributed by atoms with Gasteiger partial charge in [0.1, 0.15) is 5.82 Å². The number of halogens is 1. The minimum absolute atomic E-state index is 0.0884. The maximum atomic E-state index is 13.6. The maximum absolute atomic E-state index is 13.6. The van der Waals surface area contributed by atoms with Crippen LogP contribution in [0.25, 0.3) is 22.3 Å². The van der Waals surface area contributed by atoms with Crippen molar-refractivity contribution in [2.24, 2.45) is 0 Å². The van der Waals surface area contributed by atoms with Crippen molar-refractivity contribution in [3.8, 4) is 11.3 Å². The Morgan fingerprint density at radius 2 is 1.80 bits per heavy atom. The number of hydrogen-bond donors (Lipinski definition) is 2. The van der Waals surface area contributed by atoms with Crippen LogP contribution in [0.1, 0.15) is 30.1 Å². The number of hydrogen-bond acceptors (Lipinski definition) is 6. The fourth-order valence-corrected chi connectivity index (χ4v) is 6.88. The maximum Gasteiger partial charge on any atom is 0.326 e. The summed E-state index contributed by atoms with van der Waals surface area (Å²) in [6.07, 6.45) is 2.60. The Hall–Kier alpha value is -3.32. The molecular weight excluding hydrogens is 535 g/mol. The van der Waals surface area contributed by atoms with Crippen LogP contribution in [0, 0.1) is 5.82 Å².